The normalized spacial score (nSPS) is 10.2. The Bertz CT molecular complexity index is 459. The van der Waals surface area contributed by atoms with E-state index in [1.165, 1.54) is 0 Å². The third kappa shape index (κ3) is 2.10. The minimum absolute atomic E-state index is 0.407. The molecule has 2 rings (SSSR count). The lowest BCUT2D eigenvalue weighted by molar-refractivity contribution is -0.107. The fourth-order valence-corrected chi connectivity index (χ4v) is 1.32. The second kappa shape index (κ2) is 4.04. The molecular formula is C11H11N3O. The highest BCUT2D eigenvalue weighted by atomic mass is 16.1. The molecule has 0 amide bonds. The maximum atomic E-state index is 10.3. The van der Waals surface area contributed by atoms with E-state index in [9.17, 15) is 4.79 Å². The fraction of sp³-hybridized carbons (Fsp3) is 0.182. The number of imidazole rings is 1. The molecule has 0 atom stereocenters. The highest BCUT2D eigenvalue weighted by molar-refractivity contribution is 5.56. The molecule has 4 heteroatoms. The molecule has 0 spiro atoms. The van der Waals surface area contributed by atoms with Gasteiger partial charge in [0.05, 0.1) is 0 Å². The van der Waals surface area contributed by atoms with Crippen LogP contribution in [0.3, 0.4) is 0 Å². The van der Waals surface area contributed by atoms with E-state index in [1.54, 1.807) is 12.4 Å². The predicted octanol–water partition coefficient (Wildman–Crippen LogP) is 1.52. The average molecular weight is 201 g/mol. The zero-order valence-corrected chi connectivity index (χ0v) is 8.40. The van der Waals surface area contributed by atoms with Crippen LogP contribution in [0.1, 0.15) is 11.3 Å². The smallest absolute Gasteiger partial charge is 0.156 e. The van der Waals surface area contributed by atoms with Crippen LogP contribution in [0, 0.1) is 6.92 Å². The lowest BCUT2D eigenvalue weighted by Crippen LogP contribution is -1.90. The summed E-state index contributed by atoms with van der Waals surface area (Å²) in [5.41, 5.74) is 2.71. The second-order valence-corrected chi connectivity index (χ2v) is 3.34. The van der Waals surface area contributed by atoms with Crippen molar-refractivity contribution in [3.8, 4) is 11.5 Å². The highest BCUT2D eigenvalue weighted by Gasteiger charge is 2.02. The topological polar surface area (TPSA) is 58.6 Å². The van der Waals surface area contributed by atoms with Gasteiger partial charge in [-0.3, -0.25) is 4.98 Å². The molecule has 0 radical (unpaired) electrons. The highest BCUT2D eigenvalue weighted by Crippen LogP contribution is 2.12. The molecule has 0 saturated heterocycles. The monoisotopic (exact) mass is 201 g/mol. The van der Waals surface area contributed by atoms with E-state index in [1.807, 2.05) is 19.1 Å². The molecular weight excluding hydrogens is 190 g/mol. The lowest BCUT2D eigenvalue weighted by atomic mass is 10.2. The third-order valence-corrected chi connectivity index (χ3v) is 2.09. The van der Waals surface area contributed by atoms with Gasteiger partial charge in [0.2, 0.25) is 0 Å². The van der Waals surface area contributed by atoms with Gasteiger partial charge in [-0.2, -0.15) is 0 Å². The van der Waals surface area contributed by atoms with Gasteiger partial charge in [-0.15, -0.1) is 0 Å². The number of aryl methyl sites for hydroxylation is 1. The van der Waals surface area contributed by atoms with Crippen molar-refractivity contribution in [3.63, 3.8) is 0 Å². The van der Waals surface area contributed by atoms with Crippen LogP contribution in [0.5, 0.6) is 0 Å². The summed E-state index contributed by atoms with van der Waals surface area (Å²) in [6.45, 7) is 1.94. The van der Waals surface area contributed by atoms with Gasteiger partial charge in [-0.1, -0.05) is 6.07 Å². The maximum absolute atomic E-state index is 10.3. The number of pyridine rings is 1. The minimum Gasteiger partial charge on any atom is -0.341 e. The van der Waals surface area contributed by atoms with Crippen LogP contribution in [0.4, 0.5) is 0 Å². The molecule has 2 aromatic heterocycles. The van der Waals surface area contributed by atoms with Crippen LogP contribution < -0.4 is 0 Å². The molecule has 2 aromatic rings. The fourth-order valence-electron chi connectivity index (χ4n) is 1.32. The predicted molar refractivity (Wildman–Crippen MR) is 56.3 cm³/mol. The first-order valence-corrected chi connectivity index (χ1v) is 4.70. The molecule has 1 N–H and O–H groups in total. The van der Waals surface area contributed by atoms with E-state index >= 15 is 0 Å². The van der Waals surface area contributed by atoms with Crippen molar-refractivity contribution in [2.45, 2.75) is 13.3 Å². The number of hydrogen-bond acceptors (Lipinski definition) is 3. The lowest BCUT2D eigenvalue weighted by Gasteiger charge is -1.97. The molecule has 0 fully saturated rings. The molecule has 4 nitrogen and oxygen atoms in total. The molecule has 0 aromatic carbocycles. The van der Waals surface area contributed by atoms with Gasteiger partial charge >= 0.3 is 0 Å². The Morgan fingerprint density at radius 1 is 1.33 bits per heavy atom. The van der Waals surface area contributed by atoms with Gasteiger partial charge < -0.3 is 9.78 Å². The standard InChI is InChI=1S/C11H11N3O/c1-8-6-13-11(14-8)10-3-2-9(4-5-15)7-12-10/h2-3,5-7H,4H2,1H3,(H,13,14). The van der Waals surface area contributed by atoms with Crippen molar-refractivity contribution in [1.29, 1.82) is 0 Å². The first-order chi connectivity index (χ1) is 7.29. The van der Waals surface area contributed by atoms with Gasteiger partial charge in [-0.05, 0) is 18.6 Å². The number of carbonyl (C=O) groups is 1. The molecule has 15 heavy (non-hydrogen) atoms. The Balaban J connectivity index is 2.27. The Kier molecular flexibility index (Phi) is 2.58. The number of H-pyrrole nitrogens is 1. The average Bonchev–Trinajstić information content (AvgIpc) is 2.67. The van der Waals surface area contributed by atoms with E-state index in [0.717, 1.165) is 29.1 Å². The quantitative estimate of drug-likeness (QED) is 0.766. The van der Waals surface area contributed by atoms with Gasteiger partial charge in [0.1, 0.15) is 12.0 Å². The van der Waals surface area contributed by atoms with Crippen LogP contribution in [0.15, 0.2) is 24.5 Å². The van der Waals surface area contributed by atoms with Crippen molar-refractivity contribution >= 4 is 6.29 Å². The van der Waals surface area contributed by atoms with Crippen molar-refractivity contribution in [1.82, 2.24) is 15.0 Å². The van der Waals surface area contributed by atoms with Gasteiger partial charge in [0.15, 0.2) is 5.82 Å². The number of hydrogen-bond donors (Lipinski definition) is 1. The largest absolute Gasteiger partial charge is 0.341 e. The molecule has 0 aliphatic heterocycles. The first kappa shape index (κ1) is 9.58. The SMILES string of the molecule is Cc1cnc(-c2ccc(CC=O)cn2)[nH]1. The molecule has 0 bridgehead atoms. The van der Waals surface area contributed by atoms with E-state index < -0.39 is 0 Å². The summed E-state index contributed by atoms with van der Waals surface area (Å²) in [7, 11) is 0. The van der Waals surface area contributed by atoms with Crippen molar-refractivity contribution in [2.24, 2.45) is 0 Å². The Labute approximate surface area is 87.4 Å². The van der Waals surface area contributed by atoms with E-state index in [0.29, 0.717) is 6.42 Å². The molecule has 0 aliphatic rings. The molecule has 76 valence electrons. The molecule has 0 unspecified atom stereocenters. The summed E-state index contributed by atoms with van der Waals surface area (Å²) in [4.78, 5) is 21.8. The molecule has 0 saturated carbocycles. The third-order valence-electron chi connectivity index (χ3n) is 2.09. The summed E-state index contributed by atoms with van der Waals surface area (Å²) in [5.74, 6) is 0.755. The summed E-state index contributed by atoms with van der Waals surface area (Å²) in [6, 6.07) is 3.74. The maximum Gasteiger partial charge on any atom is 0.156 e. The number of carbonyl (C=O) groups excluding carboxylic acids is 1. The van der Waals surface area contributed by atoms with Crippen LogP contribution in [-0.2, 0) is 11.2 Å². The van der Waals surface area contributed by atoms with Crippen molar-refractivity contribution < 1.29 is 4.79 Å². The number of nitrogens with zero attached hydrogens (tertiary/aromatic N) is 2. The summed E-state index contributed by atoms with van der Waals surface area (Å²) < 4.78 is 0. The van der Waals surface area contributed by atoms with Crippen LogP contribution in [-0.4, -0.2) is 21.2 Å². The van der Waals surface area contributed by atoms with Crippen LogP contribution in [0.2, 0.25) is 0 Å². The summed E-state index contributed by atoms with van der Waals surface area (Å²) in [6.07, 6.45) is 4.73. The minimum atomic E-state index is 0.407. The Morgan fingerprint density at radius 3 is 2.73 bits per heavy atom. The van der Waals surface area contributed by atoms with E-state index in [4.69, 9.17) is 0 Å². The van der Waals surface area contributed by atoms with Gasteiger partial charge in [0.25, 0.3) is 0 Å². The van der Waals surface area contributed by atoms with Crippen molar-refractivity contribution in [3.05, 3.63) is 35.8 Å². The first-order valence-electron chi connectivity index (χ1n) is 4.70. The summed E-state index contributed by atoms with van der Waals surface area (Å²) in [5, 5.41) is 0. The number of aldehydes is 1. The zero-order valence-electron chi connectivity index (χ0n) is 8.40. The van der Waals surface area contributed by atoms with E-state index in [-0.39, 0.29) is 0 Å². The van der Waals surface area contributed by atoms with Crippen LogP contribution >= 0.6 is 0 Å². The zero-order chi connectivity index (χ0) is 10.7. The van der Waals surface area contributed by atoms with Gasteiger partial charge in [0, 0.05) is 24.5 Å². The Hall–Kier alpha value is -1.97. The number of aromatic amines is 1. The molecule has 0 aliphatic carbocycles. The van der Waals surface area contributed by atoms with Crippen LogP contribution in [0.25, 0.3) is 11.5 Å². The Morgan fingerprint density at radius 2 is 2.20 bits per heavy atom. The summed E-state index contributed by atoms with van der Waals surface area (Å²) >= 11 is 0. The second-order valence-electron chi connectivity index (χ2n) is 3.34. The number of nitrogens with one attached hydrogen (secondary N) is 1. The van der Waals surface area contributed by atoms with E-state index in [2.05, 4.69) is 15.0 Å². The van der Waals surface area contributed by atoms with Crippen molar-refractivity contribution in [2.75, 3.05) is 0 Å². The molecule has 2 heterocycles. The van der Waals surface area contributed by atoms with Gasteiger partial charge in [-0.25, -0.2) is 4.98 Å². The number of rotatable bonds is 3. The number of aromatic nitrogens is 3.